The maximum Gasteiger partial charge on any atom is 0.414 e. The number of hydrogen-bond acceptors (Lipinski definition) is 5. The highest BCUT2D eigenvalue weighted by atomic mass is 16.4. The molecule has 1 amide bonds. The number of aliphatic carboxylic acids is 2. The van der Waals surface area contributed by atoms with Gasteiger partial charge in [-0.2, -0.15) is 0 Å². The highest BCUT2D eigenvalue weighted by molar-refractivity contribution is 6.27. The van der Waals surface area contributed by atoms with E-state index in [9.17, 15) is 4.79 Å². The molecule has 1 unspecified atom stereocenters. The first kappa shape index (κ1) is 22.8. The van der Waals surface area contributed by atoms with Gasteiger partial charge in [-0.15, -0.1) is 0 Å². The van der Waals surface area contributed by atoms with E-state index < -0.39 is 11.9 Å². The molecule has 0 aromatic heterocycles. The summed E-state index contributed by atoms with van der Waals surface area (Å²) in [6, 6.07) is 8.40. The summed E-state index contributed by atoms with van der Waals surface area (Å²) in [5, 5.41) is 14.8. The first-order valence-electron chi connectivity index (χ1n) is 9.82. The molecule has 0 bridgehead atoms. The topological polar surface area (TPSA) is 101 Å². The Bertz CT molecular complexity index is 744. The summed E-state index contributed by atoms with van der Waals surface area (Å²) < 4.78 is 0. The van der Waals surface area contributed by atoms with E-state index in [0.717, 1.165) is 38.3 Å². The number of likely N-dealkylation sites (N-methyl/N-ethyl adjacent to an activating group) is 1. The van der Waals surface area contributed by atoms with Crippen molar-refractivity contribution in [1.82, 2.24) is 9.80 Å². The van der Waals surface area contributed by atoms with Gasteiger partial charge >= 0.3 is 11.9 Å². The number of carboxylic acid groups (broad SMARTS) is 2. The molecule has 0 radical (unpaired) electrons. The number of carbonyl (C=O) groups is 3. The number of para-hydroxylation sites is 1. The molecule has 2 heterocycles. The van der Waals surface area contributed by atoms with Crippen LogP contribution in [0, 0.1) is 0 Å². The average Bonchev–Trinajstić information content (AvgIpc) is 2.63. The molecule has 2 N–H and O–H groups in total. The molecule has 0 spiro atoms. The van der Waals surface area contributed by atoms with E-state index in [-0.39, 0.29) is 11.4 Å². The summed E-state index contributed by atoms with van der Waals surface area (Å²) in [6.45, 7) is 11.2. The van der Waals surface area contributed by atoms with E-state index in [1.807, 2.05) is 6.07 Å². The SMILES string of the molecule is CC1CC(C)(C)N(C(=O)CN2CCN(C)CC2)c2ccccc21.O=C(O)C(=O)O. The first-order valence-corrected chi connectivity index (χ1v) is 9.82. The minimum atomic E-state index is -1.82. The standard InChI is InChI=1S/C19H29N3O.C2H2O4/c1-15-13-19(2,3)22(17-8-6-5-7-16(15)17)18(23)14-21-11-9-20(4)10-12-21;3-1(4)2(5)6/h5-8,15H,9-14H2,1-4H3;(H,3,4)(H,5,6). The second-order valence-corrected chi connectivity index (χ2v) is 8.40. The Balaban J connectivity index is 0.000000438. The largest absolute Gasteiger partial charge is 0.473 e. The van der Waals surface area contributed by atoms with Crippen LogP contribution in [0.15, 0.2) is 24.3 Å². The van der Waals surface area contributed by atoms with Crippen LogP contribution in [0.2, 0.25) is 0 Å². The van der Waals surface area contributed by atoms with E-state index >= 15 is 0 Å². The zero-order chi connectivity index (χ0) is 21.8. The van der Waals surface area contributed by atoms with Crippen LogP contribution < -0.4 is 4.90 Å². The molecule has 8 nitrogen and oxygen atoms in total. The third kappa shape index (κ3) is 5.77. The lowest BCUT2D eigenvalue weighted by Crippen LogP contribution is -2.56. The number of nitrogens with zero attached hydrogens (tertiary/aromatic N) is 3. The van der Waals surface area contributed by atoms with E-state index in [0.29, 0.717) is 12.5 Å². The molecule has 1 atom stereocenters. The van der Waals surface area contributed by atoms with Gasteiger partial charge in [0.25, 0.3) is 0 Å². The molecule has 2 aliphatic rings. The van der Waals surface area contributed by atoms with Crippen molar-refractivity contribution in [2.75, 3.05) is 44.7 Å². The number of amides is 1. The van der Waals surface area contributed by atoms with E-state index in [1.165, 1.54) is 5.56 Å². The van der Waals surface area contributed by atoms with Gasteiger partial charge in [-0.25, -0.2) is 9.59 Å². The molecule has 2 aliphatic heterocycles. The van der Waals surface area contributed by atoms with Crippen LogP contribution in [0.25, 0.3) is 0 Å². The highest BCUT2D eigenvalue weighted by Gasteiger charge is 2.40. The molecule has 29 heavy (non-hydrogen) atoms. The van der Waals surface area contributed by atoms with Crippen molar-refractivity contribution in [3.8, 4) is 0 Å². The number of fused-ring (bicyclic) bond motifs is 1. The van der Waals surface area contributed by atoms with Gasteiger partial charge in [0.05, 0.1) is 6.54 Å². The molecule has 160 valence electrons. The van der Waals surface area contributed by atoms with Gasteiger partial charge in [-0.3, -0.25) is 9.69 Å². The van der Waals surface area contributed by atoms with Crippen molar-refractivity contribution in [3.63, 3.8) is 0 Å². The van der Waals surface area contributed by atoms with Crippen LogP contribution in [0.3, 0.4) is 0 Å². The molecule has 1 aromatic carbocycles. The van der Waals surface area contributed by atoms with Gasteiger partial charge in [-0.05, 0) is 44.9 Å². The van der Waals surface area contributed by atoms with E-state index in [4.69, 9.17) is 19.8 Å². The fraction of sp³-hybridized carbons (Fsp3) is 0.571. The van der Waals surface area contributed by atoms with Crippen molar-refractivity contribution >= 4 is 23.5 Å². The Morgan fingerprint density at radius 2 is 1.59 bits per heavy atom. The molecular weight excluding hydrogens is 374 g/mol. The summed E-state index contributed by atoms with van der Waals surface area (Å²) in [6.07, 6.45) is 1.01. The number of rotatable bonds is 2. The minimum Gasteiger partial charge on any atom is -0.473 e. The van der Waals surface area contributed by atoms with Crippen LogP contribution in [0.4, 0.5) is 5.69 Å². The average molecular weight is 405 g/mol. The zero-order valence-corrected chi connectivity index (χ0v) is 17.6. The van der Waals surface area contributed by atoms with Gasteiger partial charge in [-0.1, -0.05) is 25.1 Å². The predicted octanol–water partition coefficient (Wildman–Crippen LogP) is 1.71. The summed E-state index contributed by atoms with van der Waals surface area (Å²) in [4.78, 5) is 38.0. The quantitative estimate of drug-likeness (QED) is 0.722. The van der Waals surface area contributed by atoms with Gasteiger partial charge < -0.3 is 20.0 Å². The van der Waals surface area contributed by atoms with Gasteiger partial charge in [0.2, 0.25) is 5.91 Å². The number of carbonyl (C=O) groups excluding carboxylic acids is 1. The maximum atomic E-state index is 13.1. The number of piperazine rings is 1. The van der Waals surface area contributed by atoms with Gasteiger partial charge in [0, 0.05) is 37.4 Å². The summed E-state index contributed by atoms with van der Waals surface area (Å²) >= 11 is 0. The molecule has 0 saturated carbocycles. The molecular formula is C21H31N3O5. The normalized spacial score (nSPS) is 21.5. The Kier molecular flexibility index (Phi) is 7.37. The highest BCUT2D eigenvalue weighted by Crippen LogP contribution is 2.43. The minimum absolute atomic E-state index is 0.128. The Hall–Kier alpha value is -2.45. The Labute approximate surface area is 171 Å². The van der Waals surface area contributed by atoms with E-state index in [2.05, 4.69) is 60.7 Å². The van der Waals surface area contributed by atoms with Crippen molar-refractivity contribution < 1.29 is 24.6 Å². The maximum absolute atomic E-state index is 13.1. The third-order valence-corrected chi connectivity index (χ3v) is 5.51. The van der Waals surface area contributed by atoms with Crippen molar-refractivity contribution in [3.05, 3.63) is 29.8 Å². The summed E-state index contributed by atoms with van der Waals surface area (Å²) in [5.74, 6) is -2.92. The van der Waals surface area contributed by atoms with Crippen molar-refractivity contribution in [2.24, 2.45) is 0 Å². The molecule has 8 heteroatoms. The number of anilines is 1. The predicted molar refractivity (Wildman–Crippen MR) is 110 cm³/mol. The van der Waals surface area contributed by atoms with Crippen molar-refractivity contribution in [1.29, 1.82) is 0 Å². The number of benzene rings is 1. The molecule has 1 saturated heterocycles. The van der Waals surface area contributed by atoms with Gasteiger partial charge in [0.15, 0.2) is 0 Å². The van der Waals surface area contributed by atoms with Crippen LogP contribution in [-0.4, -0.2) is 83.2 Å². The van der Waals surface area contributed by atoms with Crippen LogP contribution in [0.1, 0.15) is 38.7 Å². The fourth-order valence-corrected chi connectivity index (χ4v) is 4.12. The Morgan fingerprint density at radius 1 is 1.03 bits per heavy atom. The summed E-state index contributed by atoms with van der Waals surface area (Å²) in [7, 11) is 2.14. The third-order valence-electron chi connectivity index (χ3n) is 5.51. The van der Waals surface area contributed by atoms with Crippen LogP contribution >= 0.6 is 0 Å². The molecule has 1 fully saturated rings. The monoisotopic (exact) mass is 405 g/mol. The van der Waals surface area contributed by atoms with E-state index in [1.54, 1.807) is 0 Å². The lowest BCUT2D eigenvalue weighted by Gasteiger charge is -2.46. The number of carboxylic acids is 2. The molecule has 1 aromatic rings. The van der Waals surface area contributed by atoms with Gasteiger partial charge in [0.1, 0.15) is 0 Å². The van der Waals surface area contributed by atoms with Crippen molar-refractivity contribution in [2.45, 2.75) is 38.6 Å². The molecule has 0 aliphatic carbocycles. The summed E-state index contributed by atoms with van der Waals surface area (Å²) in [5.41, 5.74) is 2.28. The van der Waals surface area contributed by atoms with Crippen LogP contribution in [0.5, 0.6) is 0 Å². The first-order chi connectivity index (χ1) is 13.5. The Morgan fingerprint density at radius 3 is 2.14 bits per heavy atom. The van der Waals surface area contributed by atoms with Crippen LogP contribution in [-0.2, 0) is 14.4 Å². The second kappa shape index (κ2) is 9.37. The lowest BCUT2D eigenvalue weighted by atomic mass is 9.80. The number of hydrogen-bond donors (Lipinski definition) is 2. The lowest BCUT2D eigenvalue weighted by molar-refractivity contribution is -0.159. The fourth-order valence-electron chi connectivity index (χ4n) is 4.12. The zero-order valence-electron chi connectivity index (χ0n) is 17.6. The smallest absolute Gasteiger partial charge is 0.414 e. The molecule has 3 rings (SSSR count). The second-order valence-electron chi connectivity index (χ2n) is 8.40.